The molecule has 6 nitrogen and oxygen atoms in total. The number of aliphatic hydroxyl groups is 1. The highest BCUT2D eigenvalue weighted by Crippen LogP contribution is 2.21. The van der Waals surface area contributed by atoms with Gasteiger partial charge in [-0.15, -0.1) is 0 Å². The van der Waals surface area contributed by atoms with Crippen LogP contribution in [0.3, 0.4) is 0 Å². The van der Waals surface area contributed by atoms with E-state index in [2.05, 4.69) is 9.97 Å². The quantitative estimate of drug-likeness (QED) is 0.528. The van der Waals surface area contributed by atoms with Crippen molar-refractivity contribution in [3.8, 4) is 0 Å². The van der Waals surface area contributed by atoms with Crippen molar-refractivity contribution < 1.29 is 9.90 Å². The van der Waals surface area contributed by atoms with E-state index in [4.69, 9.17) is 16.6 Å². The number of aldehydes is 1. The van der Waals surface area contributed by atoms with Gasteiger partial charge in [-0.25, -0.2) is 9.97 Å². The zero-order valence-corrected chi connectivity index (χ0v) is 13.2. The second kappa shape index (κ2) is 8.59. The van der Waals surface area contributed by atoms with Gasteiger partial charge >= 0.3 is 0 Å². The average molecular weight is 324 g/mol. The first kappa shape index (κ1) is 17.4. The lowest BCUT2D eigenvalue weighted by Crippen LogP contribution is -2.06. The molecule has 24 heavy (non-hydrogen) atoms. The van der Waals surface area contributed by atoms with E-state index >= 15 is 0 Å². The summed E-state index contributed by atoms with van der Waals surface area (Å²) in [5, 5.41) is 9.11. The maximum atomic E-state index is 10.8. The molecule has 0 spiro atoms. The Bertz CT molecular complexity index is 737. The summed E-state index contributed by atoms with van der Waals surface area (Å²) in [6.45, 7) is 0.0520. The third-order valence-corrected chi connectivity index (χ3v) is 3.46. The summed E-state index contributed by atoms with van der Waals surface area (Å²) >= 11 is 0. The number of aromatic nitrogens is 2. The van der Waals surface area contributed by atoms with Gasteiger partial charge in [-0.2, -0.15) is 0 Å². The predicted octanol–water partition coefficient (Wildman–Crippen LogP) is 1.73. The number of carbonyl (C=O) groups excluding carboxylic acids is 1. The molecule has 0 aliphatic carbocycles. The molecule has 6 heteroatoms. The minimum Gasteiger partial charge on any atom is -0.398 e. The van der Waals surface area contributed by atoms with Crippen LogP contribution in [0.4, 0.5) is 0 Å². The Morgan fingerprint density at radius 2 is 1.79 bits per heavy atom. The van der Waals surface area contributed by atoms with Crippen LogP contribution in [0.5, 0.6) is 0 Å². The van der Waals surface area contributed by atoms with Crippen molar-refractivity contribution >= 4 is 17.7 Å². The summed E-state index contributed by atoms with van der Waals surface area (Å²) in [7, 11) is 0. The van der Waals surface area contributed by atoms with Crippen molar-refractivity contribution in [2.75, 3.05) is 6.61 Å². The first-order valence-electron chi connectivity index (χ1n) is 7.55. The van der Waals surface area contributed by atoms with Gasteiger partial charge in [0.2, 0.25) is 0 Å². The largest absolute Gasteiger partial charge is 0.398 e. The van der Waals surface area contributed by atoms with Crippen molar-refractivity contribution in [1.82, 2.24) is 9.97 Å². The summed E-state index contributed by atoms with van der Waals surface area (Å²) in [5.74, 6) is 0.420. The van der Waals surface area contributed by atoms with E-state index in [1.165, 1.54) is 0 Å². The number of aliphatic hydroxyl groups excluding tert-OH is 1. The molecule has 0 bridgehead atoms. The molecule has 124 valence electrons. The molecule has 1 aromatic heterocycles. The Morgan fingerprint density at radius 1 is 1.12 bits per heavy atom. The zero-order chi connectivity index (χ0) is 17.4. The van der Waals surface area contributed by atoms with E-state index in [0.29, 0.717) is 35.6 Å². The minimum atomic E-state index is 0.0520. The van der Waals surface area contributed by atoms with Crippen LogP contribution in [0.15, 0.2) is 54.4 Å². The lowest BCUT2D eigenvalue weighted by atomic mass is 10.0. The molecule has 0 aliphatic rings. The first-order chi connectivity index (χ1) is 11.7. The van der Waals surface area contributed by atoms with Crippen LogP contribution in [0, 0.1) is 0 Å². The lowest BCUT2D eigenvalue weighted by Gasteiger charge is -2.10. The second-order valence-electron chi connectivity index (χ2n) is 5.18. The fourth-order valence-electron chi connectivity index (χ4n) is 2.18. The molecule has 5 N–H and O–H groups in total. The van der Waals surface area contributed by atoms with Gasteiger partial charge in [0.05, 0.1) is 5.70 Å². The summed E-state index contributed by atoms with van der Waals surface area (Å²) in [5.41, 5.74) is 15.4. The predicted molar refractivity (Wildman–Crippen MR) is 93.5 cm³/mol. The van der Waals surface area contributed by atoms with E-state index in [1.807, 2.05) is 0 Å². The number of carbonyl (C=O) groups is 1. The van der Waals surface area contributed by atoms with Gasteiger partial charge in [0, 0.05) is 30.3 Å². The van der Waals surface area contributed by atoms with Crippen LogP contribution in [0.1, 0.15) is 34.6 Å². The normalized spacial score (nSPS) is 12.6. The van der Waals surface area contributed by atoms with Gasteiger partial charge in [-0.05, 0) is 36.1 Å². The molecule has 0 atom stereocenters. The molecule has 0 amide bonds. The van der Waals surface area contributed by atoms with E-state index < -0.39 is 0 Å². The zero-order valence-electron chi connectivity index (χ0n) is 13.2. The van der Waals surface area contributed by atoms with Crippen molar-refractivity contribution in [1.29, 1.82) is 0 Å². The third kappa shape index (κ3) is 4.50. The van der Waals surface area contributed by atoms with Gasteiger partial charge in [0.1, 0.15) is 6.29 Å². The Balaban J connectivity index is 2.39. The number of rotatable bonds is 7. The number of nitrogens with two attached hydrogens (primary N) is 2. The number of hydrogen-bond donors (Lipinski definition) is 3. The monoisotopic (exact) mass is 324 g/mol. The molecule has 0 fully saturated rings. The Hall–Kier alpha value is -2.99. The lowest BCUT2D eigenvalue weighted by molar-refractivity contribution is 0.112. The fourth-order valence-corrected chi connectivity index (χ4v) is 2.18. The van der Waals surface area contributed by atoms with Gasteiger partial charge in [0.15, 0.2) is 5.82 Å². The van der Waals surface area contributed by atoms with E-state index in [9.17, 15) is 4.79 Å². The maximum Gasteiger partial charge on any atom is 0.175 e. The second-order valence-corrected chi connectivity index (χ2v) is 5.18. The summed E-state index contributed by atoms with van der Waals surface area (Å²) in [6.07, 6.45) is 6.85. The Morgan fingerprint density at radius 3 is 2.38 bits per heavy atom. The smallest absolute Gasteiger partial charge is 0.175 e. The van der Waals surface area contributed by atoms with Gasteiger partial charge in [0.25, 0.3) is 0 Å². The van der Waals surface area contributed by atoms with Crippen LogP contribution in [-0.2, 0) is 0 Å². The molecule has 1 aromatic carbocycles. The number of allylic oxidation sites excluding steroid dienone is 2. The molecule has 2 aromatic rings. The molecule has 0 saturated heterocycles. The van der Waals surface area contributed by atoms with Crippen LogP contribution in [0.25, 0.3) is 11.4 Å². The highest BCUT2D eigenvalue weighted by Gasteiger charge is 2.07. The Labute approximate surface area is 140 Å². The topological polar surface area (TPSA) is 115 Å². The van der Waals surface area contributed by atoms with Gasteiger partial charge < -0.3 is 16.6 Å². The highest BCUT2D eigenvalue weighted by atomic mass is 16.2. The van der Waals surface area contributed by atoms with Gasteiger partial charge in [-0.3, -0.25) is 4.79 Å². The third-order valence-electron chi connectivity index (χ3n) is 3.46. The number of benzene rings is 1. The summed E-state index contributed by atoms with van der Waals surface area (Å²) in [4.78, 5) is 19.0. The van der Waals surface area contributed by atoms with Crippen LogP contribution < -0.4 is 11.5 Å². The highest BCUT2D eigenvalue weighted by molar-refractivity contribution is 5.77. The minimum absolute atomic E-state index is 0.0520. The molecule has 0 saturated carbocycles. The standard InChI is InChI=1S/C18H20N4O2/c19-16(18-21-8-2-9-22-18)11-15(3-1-10-23)17(20)14-6-4-13(12-24)5-7-14/h2,4-9,11-12,23H,1,3,10,19-20H2/b16-11-,17-15-. The van der Waals surface area contributed by atoms with Crippen LogP contribution in [-0.4, -0.2) is 28.0 Å². The summed E-state index contributed by atoms with van der Waals surface area (Å²) in [6, 6.07) is 8.67. The van der Waals surface area contributed by atoms with Crippen molar-refractivity contribution in [2.45, 2.75) is 12.8 Å². The van der Waals surface area contributed by atoms with Crippen LogP contribution >= 0.6 is 0 Å². The van der Waals surface area contributed by atoms with Crippen molar-refractivity contribution in [3.63, 3.8) is 0 Å². The molecule has 0 radical (unpaired) electrons. The van der Waals surface area contributed by atoms with Crippen molar-refractivity contribution in [3.05, 3.63) is 71.3 Å². The van der Waals surface area contributed by atoms with E-state index in [1.54, 1.807) is 48.8 Å². The fraction of sp³-hybridized carbons (Fsp3) is 0.167. The molecule has 0 aliphatic heterocycles. The average Bonchev–Trinajstić information content (AvgIpc) is 2.65. The molecule has 0 unspecified atom stereocenters. The number of nitrogens with zero attached hydrogens (tertiary/aromatic N) is 2. The molecular formula is C18H20N4O2. The molecule has 2 rings (SSSR count). The number of hydrogen-bond acceptors (Lipinski definition) is 6. The maximum absolute atomic E-state index is 10.8. The Kier molecular flexibility index (Phi) is 6.22. The first-order valence-corrected chi connectivity index (χ1v) is 7.55. The molecule has 1 heterocycles. The SMILES string of the molecule is N/C(=C\C(CCCO)=C(/N)c1ccc(C=O)cc1)c1ncccn1. The van der Waals surface area contributed by atoms with Crippen molar-refractivity contribution in [2.24, 2.45) is 11.5 Å². The summed E-state index contributed by atoms with van der Waals surface area (Å²) < 4.78 is 0. The van der Waals surface area contributed by atoms with Crippen LogP contribution in [0.2, 0.25) is 0 Å². The van der Waals surface area contributed by atoms with E-state index in [-0.39, 0.29) is 6.61 Å². The van der Waals surface area contributed by atoms with E-state index in [0.717, 1.165) is 17.4 Å². The molecular weight excluding hydrogens is 304 g/mol. The van der Waals surface area contributed by atoms with Gasteiger partial charge in [-0.1, -0.05) is 24.3 Å².